The molecule has 0 saturated carbocycles. The molecule has 51 heavy (non-hydrogen) atoms. The first kappa shape index (κ1) is 39.1. The van der Waals surface area contributed by atoms with Gasteiger partial charge in [0, 0.05) is 0 Å². The highest BCUT2D eigenvalue weighted by atomic mass is 79.9. The summed E-state index contributed by atoms with van der Waals surface area (Å²) in [5, 5.41) is 21.0. The molecule has 3 aromatic carbocycles. The van der Waals surface area contributed by atoms with Crippen LogP contribution in [-0.4, -0.2) is 34.1 Å². The highest BCUT2D eigenvalue weighted by molar-refractivity contribution is 9.10. The average Bonchev–Trinajstić information content (AvgIpc) is 3.05. The number of phenols is 1. The van der Waals surface area contributed by atoms with Gasteiger partial charge in [0.25, 0.3) is 0 Å². The summed E-state index contributed by atoms with van der Waals surface area (Å²) in [4.78, 5) is 53.0. The highest BCUT2D eigenvalue weighted by Crippen LogP contribution is 2.46. The summed E-state index contributed by atoms with van der Waals surface area (Å²) in [5.74, 6) is -2.81. The van der Waals surface area contributed by atoms with E-state index in [0.717, 1.165) is 17.6 Å². The van der Waals surface area contributed by atoms with Crippen molar-refractivity contribution in [3.8, 4) is 23.0 Å². The molecule has 0 amide bonds. The number of ether oxygens (including phenoxy) is 3. The predicted molar refractivity (Wildman–Crippen MR) is 199 cm³/mol. The van der Waals surface area contributed by atoms with E-state index in [1.165, 1.54) is 0 Å². The lowest BCUT2D eigenvalue weighted by molar-refractivity contribution is -0.141. The fourth-order valence-electron chi connectivity index (χ4n) is 6.82. The van der Waals surface area contributed by atoms with Crippen LogP contribution in [0.25, 0.3) is 0 Å². The minimum Gasteiger partial charge on any atom is -0.506 e. The molecule has 0 fully saturated rings. The van der Waals surface area contributed by atoms with Crippen LogP contribution in [0.3, 0.4) is 0 Å². The van der Waals surface area contributed by atoms with Crippen molar-refractivity contribution in [2.75, 3.05) is 0 Å². The lowest BCUT2D eigenvalue weighted by atomic mass is 9.73. The van der Waals surface area contributed by atoms with Gasteiger partial charge in [0.1, 0.15) is 32.7 Å². The standard InChI is InChI=1S/C41H45BrO9/c1-13-28-27(11)30(38(46)50-35-24(8)21(5)31(37(44)45)22(6)25(35)9)18(2)17-29(28)49-39(47)32-23(7)26(10)36(33(42)34(32)43)51-40(48)41(12)19(3)15-14-16-20(41)4/h15-17,43H,13-14H2,1-12H3,(H,44,45). The van der Waals surface area contributed by atoms with Gasteiger partial charge < -0.3 is 24.4 Å². The second-order valence-electron chi connectivity index (χ2n) is 13.5. The Morgan fingerprint density at radius 3 is 1.71 bits per heavy atom. The summed E-state index contributed by atoms with van der Waals surface area (Å²) >= 11 is 3.36. The Morgan fingerprint density at radius 2 is 1.20 bits per heavy atom. The normalized spacial score (nSPS) is 13.7. The Kier molecular flexibility index (Phi) is 11.1. The molecule has 0 heterocycles. The zero-order valence-corrected chi connectivity index (χ0v) is 32.9. The molecule has 1 aliphatic rings. The fourth-order valence-corrected chi connectivity index (χ4v) is 7.39. The van der Waals surface area contributed by atoms with E-state index >= 15 is 0 Å². The third kappa shape index (κ3) is 6.62. The van der Waals surface area contributed by atoms with Gasteiger partial charge in [-0.05, 0) is 161 Å². The van der Waals surface area contributed by atoms with E-state index in [4.69, 9.17) is 14.2 Å². The van der Waals surface area contributed by atoms with Gasteiger partial charge in [-0.25, -0.2) is 14.4 Å². The van der Waals surface area contributed by atoms with Crippen molar-refractivity contribution in [2.24, 2.45) is 5.41 Å². The van der Waals surface area contributed by atoms with Gasteiger partial charge in [0.15, 0.2) is 5.75 Å². The number of carbonyl (C=O) groups excluding carboxylic acids is 3. The third-order valence-corrected chi connectivity index (χ3v) is 11.5. The summed E-state index contributed by atoms with van der Waals surface area (Å²) in [7, 11) is 0. The number of halogens is 1. The zero-order valence-electron chi connectivity index (χ0n) is 31.3. The number of hydrogen-bond acceptors (Lipinski definition) is 8. The minimum atomic E-state index is -1.05. The largest absolute Gasteiger partial charge is 0.506 e. The van der Waals surface area contributed by atoms with Crippen LogP contribution in [0.1, 0.15) is 115 Å². The Hall–Kier alpha value is -4.70. The van der Waals surface area contributed by atoms with Crippen LogP contribution in [0.5, 0.6) is 23.0 Å². The lowest BCUT2D eigenvalue weighted by Gasteiger charge is -2.32. The smallest absolute Gasteiger partial charge is 0.347 e. The number of carboxylic acids is 1. The summed E-state index contributed by atoms with van der Waals surface area (Å²) in [6, 6.07) is 1.59. The lowest BCUT2D eigenvalue weighted by Crippen LogP contribution is -2.35. The Bertz CT molecular complexity index is 2020. The van der Waals surface area contributed by atoms with E-state index < -0.39 is 35.0 Å². The fraction of sp³-hybridized carbons (Fsp3) is 0.366. The number of phenolic OH excluding ortho intramolecular Hbond substituents is 1. The van der Waals surface area contributed by atoms with E-state index in [-0.39, 0.29) is 27.1 Å². The summed E-state index contributed by atoms with van der Waals surface area (Å²) in [5.41, 5.74) is 5.76. The van der Waals surface area contributed by atoms with Crippen molar-refractivity contribution >= 4 is 39.8 Å². The molecule has 0 bridgehead atoms. The highest BCUT2D eigenvalue weighted by Gasteiger charge is 2.41. The Balaban J connectivity index is 1.69. The number of esters is 3. The SMILES string of the molecule is CCc1c(OC(=O)c2c(C)c(C)c(OC(=O)C3(C)C(C)=CCC=C3C)c(Br)c2O)cc(C)c(C(=O)Oc2c(C)c(C)c(C(=O)O)c(C)c2C)c1C. The maximum absolute atomic E-state index is 13.8. The van der Waals surface area contributed by atoms with Gasteiger partial charge in [-0.1, -0.05) is 30.2 Å². The van der Waals surface area contributed by atoms with Crippen molar-refractivity contribution in [2.45, 2.75) is 95.9 Å². The molecule has 0 spiro atoms. The second-order valence-corrected chi connectivity index (χ2v) is 14.2. The quantitative estimate of drug-likeness (QED) is 0.131. The van der Waals surface area contributed by atoms with Gasteiger partial charge in [-0.15, -0.1) is 0 Å². The van der Waals surface area contributed by atoms with E-state index in [2.05, 4.69) is 15.9 Å². The summed E-state index contributed by atoms with van der Waals surface area (Å²) in [6.45, 7) is 21.0. The van der Waals surface area contributed by atoms with Crippen LogP contribution in [0.4, 0.5) is 0 Å². The number of aromatic hydroxyl groups is 1. The monoisotopic (exact) mass is 760 g/mol. The summed E-state index contributed by atoms with van der Waals surface area (Å²) < 4.78 is 17.8. The molecule has 9 nitrogen and oxygen atoms in total. The van der Waals surface area contributed by atoms with Crippen LogP contribution in [0, 0.1) is 60.8 Å². The number of carbonyl (C=O) groups is 4. The first-order chi connectivity index (χ1) is 23.7. The number of allylic oxidation sites excluding steroid dienone is 2. The van der Waals surface area contributed by atoms with E-state index in [9.17, 15) is 29.4 Å². The number of aromatic carboxylic acids is 1. The molecular weight excluding hydrogens is 716 g/mol. The molecule has 10 heteroatoms. The maximum atomic E-state index is 13.8. The molecule has 0 aliphatic heterocycles. The maximum Gasteiger partial charge on any atom is 0.347 e. The second kappa shape index (κ2) is 14.5. The molecule has 3 aromatic rings. The van der Waals surface area contributed by atoms with Crippen molar-refractivity contribution in [3.63, 3.8) is 0 Å². The number of benzene rings is 3. The number of hydrogen-bond donors (Lipinski definition) is 2. The molecule has 0 unspecified atom stereocenters. The van der Waals surface area contributed by atoms with Crippen molar-refractivity contribution in [3.05, 3.63) is 101 Å². The van der Waals surface area contributed by atoms with Crippen molar-refractivity contribution in [1.82, 2.24) is 0 Å². The molecule has 0 saturated heterocycles. The Labute approximate surface area is 307 Å². The first-order valence-electron chi connectivity index (χ1n) is 16.7. The van der Waals surface area contributed by atoms with Crippen LogP contribution in [0.15, 0.2) is 33.8 Å². The van der Waals surface area contributed by atoms with Crippen LogP contribution in [-0.2, 0) is 11.2 Å². The van der Waals surface area contributed by atoms with Gasteiger partial charge in [-0.2, -0.15) is 0 Å². The van der Waals surface area contributed by atoms with E-state index in [1.54, 1.807) is 68.4 Å². The molecule has 0 radical (unpaired) electrons. The van der Waals surface area contributed by atoms with Crippen LogP contribution in [0.2, 0.25) is 0 Å². The summed E-state index contributed by atoms with van der Waals surface area (Å²) in [6.07, 6.45) is 5.09. The molecular formula is C41H45BrO9. The molecule has 0 atom stereocenters. The third-order valence-electron chi connectivity index (χ3n) is 10.7. The molecule has 4 rings (SSSR count). The van der Waals surface area contributed by atoms with Crippen molar-refractivity contribution < 1.29 is 43.6 Å². The first-order valence-corrected chi connectivity index (χ1v) is 17.5. The van der Waals surface area contributed by atoms with Gasteiger partial charge in [0.05, 0.1) is 11.1 Å². The van der Waals surface area contributed by atoms with Gasteiger partial charge in [-0.3, -0.25) is 4.79 Å². The van der Waals surface area contributed by atoms with Crippen LogP contribution >= 0.6 is 15.9 Å². The number of rotatable bonds is 8. The molecule has 1 aliphatic carbocycles. The molecule has 2 N–H and O–H groups in total. The van der Waals surface area contributed by atoms with E-state index in [1.807, 2.05) is 32.9 Å². The van der Waals surface area contributed by atoms with Gasteiger partial charge >= 0.3 is 23.9 Å². The van der Waals surface area contributed by atoms with Crippen molar-refractivity contribution in [1.29, 1.82) is 0 Å². The van der Waals surface area contributed by atoms with E-state index in [0.29, 0.717) is 67.8 Å². The average molecular weight is 762 g/mol. The topological polar surface area (TPSA) is 136 Å². The Morgan fingerprint density at radius 1 is 0.706 bits per heavy atom. The molecule has 0 aromatic heterocycles. The number of aryl methyl sites for hydroxylation is 1. The van der Waals surface area contributed by atoms with Gasteiger partial charge in [0.2, 0.25) is 0 Å². The predicted octanol–water partition coefficient (Wildman–Crippen LogP) is 9.53. The van der Waals surface area contributed by atoms with Crippen LogP contribution < -0.4 is 14.2 Å². The molecule has 270 valence electrons. The number of carboxylic acid groups (broad SMARTS) is 1. The zero-order chi connectivity index (χ0) is 38.4. The minimum absolute atomic E-state index is 0.0437.